The number of hydrogen-bond acceptors (Lipinski definition) is 7. The van der Waals surface area contributed by atoms with E-state index >= 15 is 0 Å². The van der Waals surface area contributed by atoms with E-state index in [2.05, 4.69) is 30.7 Å². The summed E-state index contributed by atoms with van der Waals surface area (Å²) in [5, 5.41) is 9.68. The van der Waals surface area contributed by atoms with Crippen LogP contribution in [0.3, 0.4) is 0 Å². The minimum Gasteiger partial charge on any atom is -0.355 e. The summed E-state index contributed by atoms with van der Waals surface area (Å²) in [7, 11) is 0. The van der Waals surface area contributed by atoms with E-state index in [9.17, 15) is 18.4 Å². The Kier molecular flexibility index (Phi) is 7.22. The van der Waals surface area contributed by atoms with Gasteiger partial charge in [0.2, 0.25) is 5.91 Å². The predicted molar refractivity (Wildman–Crippen MR) is 129 cm³/mol. The molecule has 9 nitrogen and oxygen atoms in total. The number of carbonyl (C=O) groups excluding carboxylic acids is 2. The first kappa shape index (κ1) is 24.9. The number of amides is 2. The molecule has 3 aromatic rings. The van der Waals surface area contributed by atoms with Crippen LogP contribution < -0.4 is 10.6 Å². The molecule has 1 saturated carbocycles. The maximum Gasteiger partial charge on any atom is 0.273 e. The topological polar surface area (TPSA) is 113 Å². The van der Waals surface area contributed by atoms with Crippen molar-refractivity contribution in [2.45, 2.75) is 38.3 Å². The SMILES string of the molecule is C[C@H](NC(=O)[C@H]1CN(CC2CC2)CC[C@@H]1NC(=O)c1cc(-c2ccc(F)cc2F)on1)c1ncccn1. The number of likely N-dealkylation sites (tertiary alicyclic amines) is 1. The molecule has 5 rings (SSSR count). The van der Waals surface area contributed by atoms with Gasteiger partial charge in [0.05, 0.1) is 17.5 Å². The Hall–Kier alpha value is -3.73. The number of aromatic nitrogens is 3. The molecule has 0 radical (unpaired) electrons. The molecule has 37 heavy (non-hydrogen) atoms. The van der Waals surface area contributed by atoms with Crippen LogP contribution in [0.5, 0.6) is 0 Å². The third kappa shape index (κ3) is 5.99. The summed E-state index contributed by atoms with van der Waals surface area (Å²) >= 11 is 0. The van der Waals surface area contributed by atoms with Gasteiger partial charge < -0.3 is 20.1 Å². The van der Waals surface area contributed by atoms with Crippen LogP contribution in [0.4, 0.5) is 8.78 Å². The van der Waals surface area contributed by atoms with Crippen molar-refractivity contribution in [3.8, 4) is 11.3 Å². The maximum absolute atomic E-state index is 14.1. The van der Waals surface area contributed by atoms with Crippen LogP contribution in [0.2, 0.25) is 0 Å². The number of halogens is 2. The second kappa shape index (κ2) is 10.7. The first-order chi connectivity index (χ1) is 17.9. The molecule has 11 heteroatoms. The summed E-state index contributed by atoms with van der Waals surface area (Å²) in [6, 6.07) is 5.24. The van der Waals surface area contributed by atoms with Crippen molar-refractivity contribution in [2.24, 2.45) is 11.8 Å². The van der Waals surface area contributed by atoms with E-state index in [0.717, 1.165) is 25.2 Å². The van der Waals surface area contributed by atoms with Crippen molar-refractivity contribution in [3.63, 3.8) is 0 Å². The molecule has 1 aromatic carbocycles. The van der Waals surface area contributed by atoms with Crippen LogP contribution in [-0.4, -0.2) is 57.5 Å². The van der Waals surface area contributed by atoms with Crippen LogP contribution in [0.15, 0.2) is 47.2 Å². The summed E-state index contributed by atoms with van der Waals surface area (Å²) in [6.07, 6.45) is 6.24. The Balaban J connectivity index is 1.29. The molecule has 2 fully saturated rings. The van der Waals surface area contributed by atoms with Crippen molar-refractivity contribution in [1.29, 1.82) is 0 Å². The highest BCUT2D eigenvalue weighted by Crippen LogP contribution is 2.31. The Morgan fingerprint density at radius 1 is 1.16 bits per heavy atom. The van der Waals surface area contributed by atoms with Gasteiger partial charge in [-0.2, -0.15) is 0 Å². The zero-order chi connectivity index (χ0) is 25.9. The fourth-order valence-electron chi connectivity index (χ4n) is 4.65. The Morgan fingerprint density at radius 2 is 1.95 bits per heavy atom. The molecule has 1 aliphatic heterocycles. The lowest BCUT2D eigenvalue weighted by Gasteiger charge is -2.38. The number of benzene rings is 1. The van der Waals surface area contributed by atoms with Crippen molar-refractivity contribution in [2.75, 3.05) is 19.6 Å². The average Bonchev–Trinajstić information content (AvgIpc) is 3.57. The van der Waals surface area contributed by atoms with Gasteiger partial charge in [0.15, 0.2) is 11.5 Å². The molecule has 2 amide bonds. The second-order valence-corrected chi connectivity index (χ2v) is 9.72. The Labute approximate surface area is 212 Å². The molecule has 2 aliphatic rings. The lowest BCUT2D eigenvalue weighted by atomic mass is 9.90. The van der Waals surface area contributed by atoms with Gasteiger partial charge in [-0.25, -0.2) is 18.7 Å². The monoisotopic (exact) mass is 510 g/mol. The molecule has 2 aromatic heterocycles. The van der Waals surface area contributed by atoms with Crippen LogP contribution in [0.1, 0.15) is 48.5 Å². The molecule has 3 atom stereocenters. The molecule has 1 aliphatic carbocycles. The minimum atomic E-state index is -0.820. The first-order valence-corrected chi connectivity index (χ1v) is 12.4. The van der Waals surface area contributed by atoms with E-state index in [1.54, 1.807) is 18.5 Å². The van der Waals surface area contributed by atoms with Gasteiger partial charge >= 0.3 is 0 Å². The van der Waals surface area contributed by atoms with E-state index in [-0.39, 0.29) is 22.9 Å². The fourth-order valence-corrected chi connectivity index (χ4v) is 4.65. The Morgan fingerprint density at radius 3 is 2.68 bits per heavy atom. The standard InChI is InChI=1S/C26H28F2N6O3/c1-15(24-29-8-2-9-30-24)31-25(35)19-14-34(13-16-3-4-16)10-7-21(19)32-26(36)22-12-23(37-33-22)18-6-5-17(27)11-20(18)28/h2,5-6,8-9,11-12,15-16,19,21H,3-4,7,10,13-14H2,1H3,(H,31,35)(H,32,36)/t15-,19-,21-/m0/s1. The molecular formula is C26H28F2N6O3. The highest BCUT2D eigenvalue weighted by Gasteiger charge is 2.38. The Bertz CT molecular complexity index is 1270. The number of nitrogens with one attached hydrogen (secondary N) is 2. The smallest absolute Gasteiger partial charge is 0.273 e. The third-order valence-electron chi connectivity index (χ3n) is 6.83. The molecular weight excluding hydrogens is 482 g/mol. The predicted octanol–water partition coefficient (Wildman–Crippen LogP) is 3.12. The van der Waals surface area contributed by atoms with Crippen LogP contribution in [0.25, 0.3) is 11.3 Å². The van der Waals surface area contributed by atoms with Gasteiger partial charge in [-0.3, -0.25) is 9.59 Å². The summed E-state index contributed by atoms with van der Waals surface area (Å²) in [5.74, 6) is -1.58. The van der Waals surface area contributed by atoms with Crippen LogP contribution >= 0.6 is 0 Å². The quantitative estimate of drug-likeness (QED) is 0.479. The van der Waals surface area contributed by atoms with E-state index in [1.165, 1.54) is 25.0 Å². The summed E-state index contributed by atoms with van der Waals surface area (Å²) in [5.41, 5.74) is -0.0555. The number of nitrogens with zero attached hydrogens (tertiary/aromatic N) is 4. The molecule has 0 unspecified atom stereocenters. The molecule has 194 valence electrons. The van der Waals surface area contributed by atoms with E-state index < -0.39 is 35.5 Å². The molecule has 3 heterocycles. The molecule has 2 N–H and O–H groups in total. The van der Waals surface area contributed by atoms with Gasteiger partial charge in [-0.05, 0) is 50.3 Å². The van der Waals surface area contributed by atoms with Gasteiger partial charge in [0, 0.05) is 50.2 Å². The highest BCUT2D eigenvalue weighted by atomic mass is 19.1. The number of hydrogen-bond donors (Lipinski definition) is 2. The summed E-state index contributed by atoms with van der Waals surface area (Å²) < 4.78 is 32.5. The van der Waals surface area contributed by atoms with Crippen molar-refractivity contribution in [1.82, 2.24) is 30.7 Å². The number of carbonyl (C=O) groups is 2. The fraction of sp³-hybridized carbons (Fsp3) is 0.423. The van der Waals surface area contributed by atoms with Crippen molar-refractivity contribution in [3.05, 3.63) is 65.9 Å². The number of rotatable bonds is 8. The average molecular weight is 511 g/mol. The number of piperidine rings is 1. The van der Waals surface area contributed by atoms with Crippen LogP contribution in [-0.2, 0) is 4.79 Å². The third-order valence-corrected chi connectivity index (χ3v) is 6.83. The minimum absolute atomic E-state index is 0.00398. The molecule has 0 bridgehead atoms. The first-order valence-electron chi connectivity index (χ1n) is 12.4. The van der Waals surface area contributed by atoms with Crippen molar-refractivity contribution >= 4 is 11.8 Å². The lowest BCUT2D eigenvalue weighted by Crippen LogP contribution is -2.56. The van der Waals surface area contributed by atoms with Gasteiger partial charge in [0.1, 0.15) is 17.5 Å². The largest absolute Gasteiger partial charge is 0.355 e. The van der Waals surface area contributed by atoms with Crippen molar-refractivity contribution < 1.29 is 22.9 Å². The van der Waals surface area contributed by atoms with E-state index in [4.69, 9.17) is 4.52 Å². The van der Waals surface area contributed by atoms with Gasteiger partial charge in [-0.15, -0.1) is 0 Å². The normalized spacial score (nSPS) is 20.8. The van der Waals surface area contributed by atoms with Gasteiger partial charge in [0.25, 0.3) is 5.91 Å². The van der Waals surface area contributed by atoms with E-state index in [1.807, 2.05) is 6.92 Å². The van der Waals surface area contributed by atoms with Gasteiger partial charge in [-0.1, -0.05) is 5.16 Å². The second-order valence-electron chi connectivity index (χ2n) is 9.72. The molecule has 0 spiro atoms. The van der Waals surface area contributed by atoms with E-state index in [0.29, 0.717) is 24.7 Å². The maximum atomic E-state index is 14.1. The zero-order valence-electron chi connectivity index (χ0n) is 20.4. The summed E-state index contributed by atoms with van der Waals surface area (Å²) in [4.78, 5) is 37.1. The zero-order valence-corrected chi connectivity index (χ0v) is 20.4. The summed E-state index contributed by atoms with van der Waals surface area (Å²) in [6.45, 7) is 4.03. The highest BCUT2D eigenvalue weighted by molar-refractivity contribution is 5.94. The molecule has 1 saturated heterocycles. The lowest BCUT2D eigenvalue weighted by molar-refractivity contribution is -0.128. The van der Waals surface area contributed by atoms with Crippen LogP contribution in [0, 0.1) is 23.5 Å².